The first-order valence-corrected chi connectivity index (χ1v) is 10.1. The number of hydrogen-bond donors (Lipinski definition) is 1. The molecule has 0 spiro atoms. The first kappa shape index (κ1) is 18.8. The molecule has 0 aliphatic carbocycles. The van der Waals surface area contributed by atoms with Crippen LogP contribution >= 0.6 is 0 Å². The highest BCUT2D eigenvalue weighted by Crippen LogP contribution is 2.27. The lowest BCUT2D eigenvalue weighted by atomic mass is 10.0. The number of hydrogen-bond acceptors (Lipinski definition) is 5. The summed E-state index contributed by atoms with van der Waals surface area (Å²) >= 11 is 0. The molecular weight excluding hydrogens is 358 g/mol. The standard InChI is InChI=1S/C17H23N3O5S/c18-16(21)15-12-19(10-11-25-15)17(22)14-8-4-5-9-20(14)26(23,24)13-6-2-1-3-7-13/h1-3,6-7,14-15H,4-5,8-12H2,(H2,18,21). The van der Waals surface area contributed by atoms with Gasteiger partial charge in [0.15, 0.2) is 6.10 Å². The van der Waals surface area contributed by atoms with Gasteiger partial charge in [-0.15, -0.1) is 0 Å². The van der Waals surface area contributed by atoms with Gasteiger partial charge in [0.05, 0.1) is 18.0 Å². The lowest BCUT2D eigenvalue weighted by Gasteiger charge is -2.39. The van der Waals surface area contributed by atoms with Crippen LogP contribution in [-0.4, -0.2) is 67.8 Å². The summed E-state index contributed by atoms with van der Waals surface area (Å²) in [6.45, 7) is 0.886. The minimum absolute atomic E-state index is 0.0594. The average Bonchev–Trinajstić information content (AvgIpc) is 2.68. The molecule has 0 saturated carbocycles. The van der Waals surface area contributed by atoms with E-state index >= 15 is 0 Å². The molecule has 8 nitrogen and oxygen atoms in total. The highest BCUT2D eigenvalue weighted by Gasteiger charge is 2.40. The van der Waals surface area contributed by atoms with Crippen LogP contribution in [-0.2, 0) is 24.3 Å². The normalized spacial score (nSPS) is 25.0. The first-order valence-electron chi connectivity index (χ1n) is 8.68. The summed E-state index contributed by atoms with van der Waals surface area (Å²) in [6, 6.07) is 7.36. The number of amides is 2. The van der Waals surface area contributed by atoms with Gasteiger partial charge in [-0.2, -0.15) is 4.31 Å². The van der Waals surface area contributed by atoms with Gasteiger partial charge < -0.3 is 15.4 Å². The van der Waals surface area contributed by atoms with E-state index in [-0.39, 0.29) is 24.0 Å². The quantitative estimate of drug-likeness (QED) is 0.786. The van der Waals surface area contributed by atoms with E-state index in [4.69, 9.17) is 10.5 Å². The van der Waals surface area contributed by atoms with Crippen molar-refractivity contribution < 1.29 is 22.7 Å². The van der Waals surface area contributed by atoms with Crippen LogP contribution in [0.1, 0.15) is 19.3 Å². The molecule has 26 heavy (non-hydrogen) atoms. The zero-order chi connectivity index (χ0) is 18.7. The molecule has 2 N–H and O–H groups in total. The summed E-state index contributed by atoms with van der Waals surface area (Å²) < 4.78 is 32.6. The Kier molecular flexibility index (Phi) is 5.59. The molecule has 3 rings (SSSR count). The number of carbonyl (C=O) groups excluding carboxylic acids is 2. The zero-order valence-electron chi connectivity index (χ0n) is 14.4. The van der Waals surface area contributed by atoms with E-state index in [0.29, 0.717) is 25.9 Å². The zero-order valence-corrected chi connectivity index (χ0v) is 15.2. The predicted molar refractivity (Wildman–Crippen MR) is 93.5 cm³/mol. The number of piperidine rings is 1. The summed E-state index contributed by atoms with van der Waals surface area (Å²) in [5.74, 6) is -0.918. The Balaban J connectivity index is 1.83. The van der Waals surface area contributed by atoms with Crippen LogP contribution < -0.4 is 5.73 Å². The van der Waals surface area contributed by atoms with Gasteiger partial charge >= 0.3 is 0 Å². The maximum Gasteiger partial charge on any atom is 0.248 e. The summed E-state index contributed by atoms with van der Waals surface area (Å²) in [7, 11) is -3.76. The Morgan fingerprint density at radius 2 is 1.85 bits per heavy atom. The number of nitrogens with two attached hydrogens (primary N) is 1. The van der Waals surface area contributed by atoms with Gasteiger partial charge in [0.25, 0.3) is 0 Å². The van der Waals surface area contributed by atoms with E-state index < -0.39 is 28.1 Å². The monoisotopic (exact) mass is 381 g/mol. The van der Waals surface area contributed by atoms with Gasteiger partial charge in [-0.3, -0.25) is 9.59 Å². The second-order valence-corrected chi connectivity index (χ2v) is 8.38. The molecule has 0 radical (unpaired) electrons. The largest absolute Gasteiger partial charge is 0.367 e. The summed E-state index contributed by atoms with van der Waals surface area (Å²) in [6.07, 6.45) is 1.10. The minimum atomic E-state index is -3.76. The fourth-order valence-corrected chi connectivity index (χ4v) is 5.07. The lowest BCUT2D eigenvalue weighted by Crippen LogP contribution is -2.57. The molecule has 0 bridgehead atoms. The van der Waals surface area contributed by atoms with Crippen LogP contribution in [0.4, 0.5) is 0 Å². The van der Waals surface area contributed by atoms with E-state index in [1.165, 1.54) is 21.3 Å². The second kappa shape index (κ2) is 7.73. The number of morpholine rings is 1. The van der Waals surface area contributed by atoms with E-state index in [9.17, 15) is 18.0 Å². The molecule has 142 valence electrons. The average molecular weight is 381 g/mol. The molecule has 2 amide bonds. The number of benzene rings is 1. The van der Waals surface area contributed by atoms with Crippen molar-refractivity contribution >= 4 is 21.8 Å². The SMILES string of the molecule is NC(=O)C1CN(C(=O)C2CCCCN2S(=O)(=O)c2ccccc2)CCO1. The molecule has 1 aromatic carbocycles. The topological polar surface area (TPSA) is 110 Å². The number of sulfonamides is 1. The van der Waals surface area contributed by atoms with Crippen LogP contribution in [0.15, 0.2) is 35.2 Å². The van der Waals surface area contributed by atoms with Crippen LogP contribution in [0.5, 0.6) is 0 Å². The molecule has 1 aromatic rings. The number of rotatable bonds is 4. The van der Waals surface area contributed by atoms with Gasteiger partial charge in [0.1, 0.15) is 6.04 Å². The Hall–Kier alpha value is -1.97. The molecule has 2 unspecified atom stereocenters. The van der Waals surface area contributed by atoms with Crippen molar-refractivity contribution in [3.8, 4) is 0 Å². The molecule has 2 aliphatic heterocycles. The molecule has 2 heterocycles. The smallest absolute Gasteiger partial charge is 0.248 e. The third-order valence-electron chi connectivity index (χ3n) is 4.78. The van der Waals surface area contributed by atoms with Crippen molar-refractivity contribution in [1.29, 1.82) is 0 Å². The molecular formula is C17H23N3O5S. The number of nitrogens with zero attached hydrogens (tertiary/aromatic N) is 2. The fraction of sp³-hybridized carbons (Fsp3) is 0.529. The maximum absolute atomic E-state index is 13.0. The number of ether oxygens (including phenoxy) is 1. The fourth-order valence-electron chi connectivity index (χ4n) is 3.40. The van der Waals surface area contributed by atoms with E-state index in [0.717, 1.165) is 6.42 Å². The Bertz CT molecular complexity index is 768. The van der Waals surface area contributed by atoms with Gasteiger partial charge in [0.2, 0.25) is 21.8 Å². The van der Waals surface area contributed by atoms with Gasteiger partial charge in [0, 0.05) is 13.1 Å². The Morgan fingerprint density at radius 3 is 2.54 bits per heavy atom. The van der Waals surface area contributed by atoms with Crippen molar-refractivity contribution in [1.82, 2.24) is 9.21 Å². The number of carbonyl (C=O) groups is 2. The summed E-state index contributed by atoms with van der Waals surface area (Å²) in [5.41, 5.74) is 5.27. The molecule has 2 aliphatic rings. The van der Waals surface area contributed by atoms with E-state index in [2.05, 4.69) is 0 Å². The Morgan fingerprint density at radius 1 is 1.12 bits per heavy atom. The van der Waals surface area contributed by atoms with Crippen molar-refractivity contribution in [3.05, 3.63) is 30.3 Å². The molecule has 0 aromatic heterocycles. The Labute approximate surface area is 152 Å². The van der Waals surface area contributed by atoms with E-state index in [1.54, 1.807) is 18.2 Å². The summed E-state index contributed by atoms with van der Waals surface area (Å²) in [4.78, 5) is 26.0. The van der Waals surface area contributed by atoms with Crippen LogP contribution in [0.25, 0.3) is 0 Å². The van der Waals surface area contributed by atoms with Gasteiger partial charge in [-0.1, -0.05) is 24.6 Å². The van der Waals surface area contributed by atoms with Crippen LogP contribution in [0, 0.1) is 0 Å². The molecule has 2 fully saturated rings. The summed E-state index contributed by atoms with van der Waals surface area (Å²) in [5, 5.41) is 0. The third kappa shape index (κ3) is 3.74. The van der Waals surface area contributed by atoms with Crippen LogP contribution in [0.3, 0.4) is 0 Å². The molecule has 2 saturated heterocycles. The van der Waals surface area contributed by atoms with Gasteiger partial charge in [-0.25, -0.2) is 8.42 Å². The minimum Gasteiger partial charge on any atom is -0.367 e. The van der Waals surface area contributed by atoms with Crippen molar-refractivity contribution in [3.63, 3.8) is 0 Å². The maximum atomic E-state index is 13.0. The van der Waals surface area contributed by atoms with Crippen molar-refractivity contribution in [2.24, 2.45) is 5.73 Å². The van der Waals surface area contributed by atoms with Crippen molar-refractivity contribution in [2.45, 2.75) is 36.3 Å². The highest BCUT2D eigenvalue weighted by atomic mass is 32.2. The first-order chi connectivity index (χ1) is 12.4. The van der Waals surface area contributed by atoms with Crippen molar-refractivity contribution in [2.75, 3.05) is 26.2 Å². The highest BCUT2D eigenvalue weighted by molar-refractivity contribution is 7.89. The second-order valence-electron chi connectivity index (χ2n) is 6.49. The van der Waals surface area contributed by atoms with Crippen LogP contribution in [0.2, 0.25) is 0 Å². The van der Waals surface area contributed by atoms with E-state index in [1.807, 2.05) is 0 Å². The van der Waals surface area contributed by atoms with Gasteiger partial charge in [-0.05, 0) is 25.0 Å². The molecule has 2 atom stereocenters. The number of primary amides is 1. The molecule has 9 heteroatoms. The predicted octanol–water partition coefficient (Wildman–Crippen LogP) is -0.0575. The third-order valence-corrected chi connectivity index (χ3v) is 6.71. The lowest BCUT2D eigenvalue weighted by molar-refractivity contribution is -0.148.